The van der Waals surface area contributed by atoms with Gasteiger partial charge in [0.05, 0.1) is 6.54 Å². The highest BCUT2D eigenvalue weighted by Crippen LogP contribution is 2.04. The van der Waals surface area contributed by atoms with Crippen molar-refractivity contribution in [2.75, 3.05) is 0 Å². The lowest BCUT2D eigenvalue weighted by Gasteiger charge is -1.94. The normalized spacial score (nSPS) is 9.90. The highest BCUT2D eigenvalue weighted by Gasteiger charge is 1.99. The SMILES string of the molecule is NCc1nc(Cl)nc(Cl)n1. The Balaban J connectivity index is 3.06. The lowest BCUT2D eigenvalue weighted by Crippen LogP contribution is -2.04. The molecule has 2 N–H and O–H groups in total. The Kier molecular flexibility index (Phi) is 2.37. The van der Waals surface area contributed by atoms with Gasteiger partial charge in [0, 0.05) is 0 Å². The molecular weight excluding hydrogens is 175 g/mol. The zero-order chi connectivity index (χ0) is 7.56. The Morgan fingerprint density at radius 3 is 2.00 bits per heavy atom. The molecule has 0 saturated heterocycles. The van der Waals surface area contributed by atoms with E-state index in [0.29, 0.717) is 5.82 Å². The molecule has 0 aromatic carbocycles. The summed E-state index contributed by atoms with van der Waals surface area (Å²) >= 11 is 10.9. The van der Waals surface area contributed by atoms with Crippen LogP contribution < -0.4 is 5.73 Å². The molecule has 0 unspecified atom stereocenters. The van der Waals surface area contributed by atoms with Crippen LogP contribution >= 0.6 is 23.2 Å². The summed E-state index contributed by atoms with van der Waals surface area (Å²) in [6.45, 7) is 0.210. The van der Waals surface area contributed by atoms with Crippen LogP contribution in [0.15, 0.2) is 0 Å². The van der Waals surface area contributed by atoms with Crippen LogP contribution in [0.2, 0.25) is 10.6 Å². The van der Waals surface area contributed by atoms with Crippen molar-refractivity contribution in [3.05, 3.63) is 16.4 Å². The molecule has 0 atom stereocenters. The van der Waals surface area contributed by atoms with E-state index >= 15 is 0 Å². The maximum Gasteiger partial charge on any atom is 0.226 e. The van der Waals surface area contributed by atoms with Gasteiger partial charge in [0.1, 0.15) is 5.82 Å². The van der Waals surface area contributed by atoms with Gasteiger partial charge in [0.25, 0.3) is 0 Å². The van der Waals surface area contributed by atoms with E-state index < -0.39 is 0 Å². The average Bonchev–Trinajstić information content (AvgIpc) is 1.85. The zero-order valence-electron chi connectivity index (χ0n) is 4.88. The van der Waals surface area contributed by atoms with Gasteiger partial charge < -0.3 is 5.73 Å². The maximum absolute atomic E-state index is 5.43. The van der Waals surface area contributed by atoms with Crippen molar-refractivity contribution in [1.29, 1.82) is 0 Å². The first-order valence-electron chi connectivity index (χ1n) is 2.48. The minimum absolute atomic E-state index is 0.0699. The number of hydrogen-bond donors (Lipinski definition) is 1. The van der Waals surface area contributed by atoms with Crippen molar-refractivity contribution in [2.24, 2.45) is 5.73 Å². The number of nitrogens with zero attached hydrogens (tertiary/aromatic N) is 3. The summed E-state index contributed by atoms with van der Waals surface area (Å²) in [5.41, 5.74) is 5.22. The van der Waals surface area contributed by atoms with Crippen LogP contribution in [0.3, 0.4) is 0 Å². The van der Waals surface area contributed by atoms with Gasteiger partial charge in [0.2, 0.25) is 10.6 Å². The minimum atomic E-state index is 0.0699. The van der Waals surface area contributed by atoms with Crippen LogP contribution in [0.25, 0.3) is 0 Å². The molecule has 0 aliphatic rings. The molecule has 0 aliphatic carbocycles. The minimum Gasteiger partial charge on any atom is -0.324 e. The fraction of sp³-hybridized carbons (Fsp3) is 0.250. The van der Waals surface area contributed by atoms with Crippen molar-refractivity contribution >= 4 is 23.2 Å². The predicted molar refractivity (Wildman–Crippen MR) is 37.7 cm³/mol. The first kappa shape index (κ1) is 7.65. The topological polar surface area (TPSA) is 64.7 Å². The smallest absolute Gasteiger partial charge is 0.226 e. The summed E-state index contributed by atoms with van der Waals surface area (Å²) in [7, 11) is 0. The molecular formula is C4H4Cl2N4. The van der Waals surface area contributed by atoms with Gasteiger partial charge in [-0.15, -0.1) is 0 Å². The Labute approximate surface area is 67.4 Å². The Bertz CT molecular complexity index is 218. The third-order valence-corrected chi connectivity index (χ3v) is 1.15. The number of nitrogens with two attached hydrogens (primary N) is 1. The van der Waals surface area contributed by atoms with E-state index in [1.165, 1.54) is 0 Å². The van der Waals surface area contributed by atoms with E-state index in [0.717, 1.165) is 0 Å². The summed E-state index contributed by atoms with van der Waals surface area (Å²) < 4.78 is 0. The number of aromatic nitrogens is 3. The second-order valence-corrected chi connectivity index (χ2v) is 2.17. The highest BCUT2D eigenvalue weighted by atomic mass is 35.5. The molecule has 0 saturated carbocycles. The maximum atomic E-state index is 5.43. The van der Waals surface area contributed by atoms with E-state index in [4.69, 9.17) is 28.9 Å². The van der Waals surface area contributed by atoms with Gasteiger partial charge in [-0.3, -0.25) is 0 Å². The molecule has 0 spiro atoms. The fourth-order valence-electron chi connectivity index (χ4n) is 0.455. The molecule has 1 aromatic heterocycles. The molecule has 1 rings (SSSR count). The monoisotopic (exact) mass is 178 g/mol. The molecule has 54 valence electrons. The molecule has 4 nitrogen and oxygen atoms in total. The second-order valence-electron chi connectivity index (χ2n) is 1.49. The molecule has 0 amide bonds. The Hall–Kier alpha value is -0.450. The molecule has 6 heteroatoms. The van der Waals surface area contributed by atoms with Crippen molar-refractivity contribution in [3.63, 3.8) is 0 Å². The lowest BCUT2D eigenvalue weighted by atomic mass is 10.6. The quantitative estimate of drug-likeness (QED) is 0.686. The van der Waals surface area contributed by atoms with E-state index in [2.05, 4.69) is 15.0 Å². The fourth-order valence-corrected chi connectivity index (χ4v) is 0.854. The van der Waals surface area contributed by atoms with Crippen LogP contribution in [0, 0.1) is 0 Å². The molecule has 1 heterocycles. The van der Waals surface area contributed by atoms with E-state index in [1.54, 1.807) is 0 Å². The molecule has 0 fully saturated rings. The van der Waals surface area contributed by atoms with Crippen LogP contribution in [0.4, 0.5) is 0 Å². The number of hydrogen-bond acceptors (Lipinski definition) is 4. The molecule has 0 radical (unpaired) electrons. The summed E-state index contributed by atoms with van der Waals surface area (Å²) in [6, 6.07) is 0. The standard InChI is InChI=1S/C4H4Cl2N4/c5-3-8-2(1-7)9-4(6)10-3/h1,7H2. The number of rotatable bonds is 1. The predicted octanol–water partition coefficient (Wildman–Crippen LogP) is 0.637. The summed E-state index contributed by atoms with van der Waals surface area (Å²) in [6.07, 6.45) is 0. The average molecular weight is 179 g/mol. The molecule has 0 bridgehead atoms. The molecule has 0 aliphatic heterocycles. The van der Waals surface area contributed by atoms with Gasteiger partial charge in [-0.25, -0.2) is 9.97 Å². The van der Waals surface area contributed by atoms with Crippen LogP contribution in [0.1, 0.15) is 5.82 Å². The number of halogens is 2. The van der Waals surface area contributed by atoms with Crippen molar-refractivity contribution in [3.8, 4) is 0 Å². The lowest BCUT2D eigenvalue weighted by molar-refractivity contribution is 0.875. The summed E-state index contributed by atoms with van der Waals surface area (Å²) in [4.78, 5) is 10.9. The molecule has 10 heavy (non-hydrogen) atoms. The van der Waals surface area contributed by atoms with E-state index in [9.17, 15) is 0 Å². The highest BCUT2D eigenvalue weighted by molar-refractivity contribution is 6.30. The van der Waals surface area contributed by atoms with Gasteiger partial charge in [-0.05, 0) is 23.2 Å². The van der Waals surface area contributed by atoms with Gasteiger partial charge in [-0.2, -0.15) is 4.98 Å². The third-order valence-electron chi connectivity index (χ3n) is 0.810. The first-order chi connectivity index (χ1) is 4.72. The largest absolute Gasteiger partial charge is 0.324 e. The van der Waals surface area contributed by atoms with Gasteiger partial charge in [-0.1, -0.05) is 0 Å². The van der Waals surface area contributed by atoms with E-state index in [-0.39, 0.29) is 17.1 Å². The van der Waals surface area contributed by atoms with Crippen LogP contribution in [-0.4, -0.2) is 15.0 Å². The van der Waals surface area contributed by atoms with Crippen LogP contribution in [-0.2, 0) is 6.54 Å². The van der Waals surface area contributed by atoms with Gasteiger partial charge in [0.15, 0.2) is 0 Å². The van der Waals surface area contributed by atoms with Crippen molar-refractivity contribution in [2.45, 2.75) is 6.54 Å². The first-order valence-corrected chi connectivity index (χ1v) is 3.24. The van der Waals surface area contributed by atoms with Crippen molar-refractivity contribution < 1.29 is 0 Å². The summed E-state index contributed by atoms with van der Waals surface area (Å²) in [5, 5.41) is 0.140. The Morgan fingerprint density at radius 2 is 1.60 bits per heavy atom. The zero-order valence-corrected chi connectivity index (χ0v) is 6.39. The second kappa shape index (κ2) is 3.09. The van der Waals surface area contributed by atoms with Crippen LogP contribution in [0.5, 0.6) is 0 Å². The summed E-state index contributed by atoms with van der Waals surface area (Å²) in [5.74, 6) is 0.394. The van der Waals surface area contributed by atoms with Crippen molar-refractivity contribution in [1.82, 2.24) is 15.0 Å². The van der Waals surface area contributed by atoms with E-state index in [1.807, 2.05) is 0 Å². The van der Waals surface area contributed by atoms with Gasteiger partial charge >= 0.3 is 0 Å². The molecule has 1 aromatic rings. The third kappa shape index (κ3) is 1.76. The Morgan fingerprint density at radius 1 is 1.10 bits per heavy atom.